The van der Waals surface area contributed by atoms with Crippen molar-refractivity contribution >= 4 is 5.97 Å². The quantitative estimate of drug-likeness (QED) is 0.653. The second kappa shape index (κ2) is 9.24. The van der Waals surface area contributed by atoms with Crippen LogP contribution in [0.1, 0.15) is 38.1 Å². The maximum atomic E-state index is 12.9. The third kappa shape index (κ3) is 4.55. The van der Waals surface area contributed by atoms with E-state index in [9.17, 15) is 4.79 Å². The summed E-state index contributed by atoms with van der Waals surface area (Å²) in [5.74, 6) is 1.83. The molecule has 0 unspecified atom stereocenters. The van der Waals surface area contributed by atoms with Crippen LogP contribution < -0.4 is 4.74 Å². The summed E-state index contributed by atoms with van der Waals surface area (Å²) in [6.07, 6.45) is 6.13. The minimum Gasteiger partial charge on any atom is -0.497 e. The second-order valence-electron chi connectivity index (χ2n) is 7.43. The van der Waals surface area contributed by atoms with E-state index in [0.29, 0.717) is 13.0 Å². The van der Waals surface area contributed by atoms with Gasteiger partial charge in [-0.2, -0.15) is 0 Å². The Morgan fingerprint density at radius 3 is 2.71 bits per heavy atom. The van der Waals surface area contributed by atoms with Crippen molar-refractivity contribution in [2.45, 2.75) is 46.2 Å². The van der Waals surface area contributed by atoms with Gasteiger partial charge >= 0.3 is 5.97 Å². The summed E-state index contributed by atoms with van der Waals surface area (Å²) in [7, 11) is 1.67. The molecule has 0 saturated carbocycles. The molecule has 1 aromatic carbocycles. The van der Waals surface area contributed by atoms with Gasteiger partial charge in [0.2, 0.25) is 0 Å². The molecule has 6 heteroatoms. The van der Waals surface area contributed by atoms with E-state index in [1.165, 1.54) is 0 Å². The van der Waals surface area contributed by atoms with Crippen LogP contribution in [0.25, 0.3) is 0 Å². The lowest BCUT2D eigenvalue weighted by atomic mass is 9.73. The van der Waals surface area contributed by atoms with Crippen LogP contribution in [0.3, 0.4) is 0 Å². The molecule has 0 spiro atoms. The second-order valence-corrected chi connectivity index (χ2v) is 7.43. The fourth-order valence-corrected chi connectivity index (χ4v) is 4.03. The first kappa shape index (κ1) is 20.4. The number of rotatable bonds is 8. The van der Waals surface area contributed by atoms with Gasteiger partial charge in [-0.05, 0) is 63.9 Å². The summed E-state index contributed by atoms with van der Waals surface area (Å²) >= 11 is 0. The Morgan fingerprint density at radius 2 is 2.04 bits per heavy atom. The average molecular weight is 386 g/mol. The standard InChI is InChI=1S/C22H31N3O3/c1-4-25-14-11-23-20(25)17-24-12-9-22(10-13-24,21(26)28-5-2)16-18-7-6-8-19(15-18)27-3/h6-8,11,14-15H,4-5,9-10,12-13,16-17H2,1-3H3. The van der Waals surface area contributed by atoms with Crippen LogP contribution in [-0.4, -0.2) is 47.2 Å². The number of carbonyl (C=O) groups excluding carboxylic acids is 1. The van der Waals surface area contributed by atoms with E-state index in [1.807, 2.05) is 37.5 Å². The Bertz CT molecular complexity index is 779. The molecule has 28 heavy (non-hydrogen) atoms. The van der Waals surface area contributed by atoms with Crippen molar-refractivity contribution in [2.75, 3.05) is 26.8 Å². The molecule has 2 heterocycles. The Kier molecular flexibility index (Phi) is 6.73. The number of aromatic nitrogens is 2. The van der Waals surface area contributed by atoms with Gasteiger partial charge in [-0.15, -0.1) is 0 Å². The van der Waals surface area contributed by atoms with Gasteiger partial charge in [0.05, 0.1) is 25.7 Å². The number of likely N-dealkylation sites (tertiary alicyclic amines) is 1. The monoisotopic (exact) mass is 385 g/mol. The molecule has 3 rings (SSSR count). The first-order valence-corrected chi connectivity index (χ1v) is 10.1. The first-order chi connectivity index (χ1) is 13.6. The molecule has 0 aliphatic carbocycles. The summed E-state index contributed by atoms with van der Waals surface area (Å²) in [6.45, 7) is 7.87. The molecule has 152 valence electrons. The van der Waals surface area contributed by atoms with Gasteiger partial charge in [0, 0.05) is 18.9 Å². The molecule has 1 aliphatic heterocycles. The highest BCUT2D eigenvalue weighted by Crippen LogP contribution is 2.37. The number of carbonyl (C=O) groups is 1. The maximum Gasteiger partial charge on any atom is 0.312 e. The van der Waals surface area contributed by atoms with Gasteiger partial charge in [0.1, 0.15) is 11.6 Å². The van der Waals surface area contributed by atoms with Crippen LogP contribution in [0.4, 0.5) is 0 Å². The highest BCUT2D eigenvalue weighted by molar-refractivity contribution is 5.77. The van der Waals surface area contributed by atoms with Gasteiger partial charge in [-0.25, -0.2) is 4.98 Å². The van der Waals surface area contributed by atoms with Gasteiger partial charge in [-0.3, -0.25) is 9.69 Å². The van der Waals surface area contributed by atoms with Crippen molar-refractivity contribution in [3.8, 4) is 5.75 Å². The number of nitrogens with zero attached hydrogens (tertiary/aromatic N) is 3. The first-order valence-electron chi connectivity index (χ1n) is 10.1. The Labute approximate surface area is 167 Å². The van der Waals surface area contributed by atoms with Crippen LogP contribution in [-0.2, 0) is 29.0 Å². The minimum absolute atomic E-state index is 0.0764. The topological polar surface area (TPSA) is 56.6 Å². The van der Waals surface area contributed by atoms with Crippen molar-refractivity contribution in [3.05, 3.63) is 48.0 Å². The summed E-state index contributed by atoms with van der Waals surface area (Å²) in [6, 6.07) is 7.99. The molecule has 2 aromatic rings. The molecule has 0 amide bonds. The number of imidazole rings is 1. The molecule has 0 atom stereocenters. The number of benzene rings is 1. The minimum atomic E-state index is -0.473. The SMILES string of the molecule is CCOC(=O)C1(Cc2cccc(OC)c2)CCN(Cc2nccn2CC)CC1. The molecule has 6 nitrogen and oxygen atoms in total. The molecule has 0 N–H and O–H groups in total. The van der Waals surface area contributed by atoms with Crippen LogP contribution in [0, 0.1) is 5.41 Å². The summed E-state index contributed by atoms with van der Waals surface area (Å²) in [4.78, 5) is 19.8. The molecule has 0 bridgehead atoms. The normalized spacial score (nSPS) is 16.7. The van der Waals surface area contributed by atoms with Crippen molar-refractivity contribution in [2.24, 2.45) is 5.41 Å². The maximum absolute atomic E-state index is 12.9. The van der Waals surface area contributed by atoms with E-state index in [-0.39, 0.29) is 5.97 Å². The number of hydrogen-bond acceptors (Lipinski definition) is 5. The fraction of sp³-hybridized carbons (Fsp3) is 0.545. The summed E-state index contributed by atoms with van der Waals surface area (Å²) < 4.78 is 13.0. The smallest absolute Gasteiger partial charge is 0.312 e. The third-order valence-electron chi connectivity index (χ3n) is 5.71. The van der Waals surface area contributed by atoms with Crippen molar-refractivity contribution in [3.63, 3.8) is 0 Å². The molecule has 1 aromatic heterocycles. The van der Waals surface area contributed by atoms with E-state index in [0.717, 1.165) is 56.2 Å². The van der Waals surface area contributed by atoms with E-state index < -0.39 is 5.41 Å². The third-order valence-corrected chi connectivity index (χ3v) is 5.71. The zero-order chi connectivity index (χ0) is 20.0. The zero-order valence-electron chi connectivity index (χ0n) is 17.2. The number of esters is 1. The van der Waals surface area contributed by atoms with E-state index in [1.54, 1.807) is 7.11 Å². The largest absolute Gasteiger partial charge is 0.497 e. The number of piperidine rings is 1. The number of hydrogen-bond donors (Lipinski definition) is 0. The number of methoxy groups -OCH3 is 1. The van der Waals surface area contributed by atoms with Crippen molar-refractivity contribution < 1.29 is 14.3 Å². The predicted molar refractivity (Wildman–Crippen MR) is 108 cm³/mol. The molecule has 0 radical (unpaired) electrons. The van der Waals surface area contributed by atoms with Crippen LogP contribution in [0.2, 0.25) is 0 Å². The van der Waals surface area contributed by atoms with E-state index in [4.69, 9.17) is 9.47 Å². The Hall–Kier alpha value is -2.34. The molecule has 1 saturated heterocycles. The number of ether oxygens (including phenoxy) is 2. The summed E-state index contributed by atoms with van der Waals surface area (Å²) in [5.41, 5.74) is 0.640. The highest BCUT2D eigenvalue weighted by atomic mass is 16.5. The average Bonchev–Trinajstić information content (AvgIpc) is 3.17. The van der Waals surface area contributed by atoms with Gasteiger partial charge in [-0.1, -0.05) is 12.1 Å². The van der Waals surface area contributed by atoms with Gasteiger partial charge < -0.3 is 14.0 Å². The lowest BCUT2D eigenvalue weighted by Crippen LogP contribution is -2.46. The lowest BCUT2D eigenvalue weighted by Gasteiger charge is -2.40. The van der Waals surface area contributed by atoms with E-state index >= 15 is 0 Å². The van der Waals surface area contributed by atoms with Gasteiger partial charge in [0.15, 0.2) is 0 Å². The molecular formula is C22H31N3O3. The zero-order valence-corrected chi connectivity index (χ0v) is 17.2. The van der Waals surface area contributed by atoms with Crippen LogP contribution in [0.5, 0.6) is 5.75 Å². The van der Waals surface area contributed by atoms with E-state index in [2.05, 4.69) is 27.4 Å². The Balaban J connectivity index is 1.72. The summed E-state index contributed by atoms with van der Waals surface area (Å²) in [5, 5.41) is 0. The van der Waals surface area contributed by atoms with Crippen molar-refractivity contribution in [1.29, 1.82) is 0 Å². The fourth-order valence-electron chi connectivity index (χ4n) is 4.03. The number of aryl methyl sites for hydroxylation is 1. The van der Waals surface area contributed by atoms with Crippen molar-refractivity contribution in [1.82, 2.24) is 14.5 Å². The predicted octanol–water partition coefficient (Wildman–Crippen LogP) is 3.30. The molecular weight excluding hydrogens is 354 g/mol. The lowest BCUT2D eigenvalue weighted by molar-refractivity contribution is -0.158. The Morgan fingerprint density at radius 1 is 1.25 bits per heavy atom. The van der Waals surface area contributed by atoms with Crippen LogP contribution in [0.15, 0.2) is 36.7 Å². The van der Waals surface area contributed by atoms with Crippen LogP contribution >= 0.6 is 0 Å². The highest BCUT2D eigenvalue weighted by Gasteiger charge is 2.42. The molecule has 1 aliphatic rings. The molecule has 1 fully saturated rings. The van der Waals surface area contributed by atoms with Gasteiger partial charge in [0.25, 0.3) is 0 Å².